The van der Waals surface area contributed by atoms with Crippen LogP contribution in [0.1, 0.15) is 20.8 Å². The first-order valence-electron chi connectivity index (χ1n) is 4.97. The Hall–Kier alpha value is 0.0169. The number of hydrazine groups is 1. The number of nitrogens with zero attached hydrogens (tertiary/aromatic N) is 1. The van der Waals surface area contributed by atoms with Crippen LogP contribution >= 0.6 is 0 Å². The molecule has 0 amide bonds. The Bertz CT molecular complexity index is 130. The molecule has 0 saturated heterocycles. The van der Waals surface area contributed by atoms with Gasteiger partial charge in [-0.25, -0.2) is 5.09 Å². The molecule has 86 valence electrons. The van der Waals surface area contributed by atoms with Crippen LogP contribution in [0, 0.1) is 0 Å². The molecule has 0 fully saturated rings. The van der Waals surface area contributed by atoms with E-state index in [2.05, 4.69) is 5.09 Å². The van der Waals surface area contributed by atoms with E-state index in [1.54, 1.807) is 5.01 Å². The van der Waals surface area contributed by atoms with E-state index in [0.717, 1.165) is 0 Å². The fourth-order valence-corrected chi connectivity index (χ4v) is 3.20. The second-order valence-electron chi connectivity index (χ2n) is 2.86. The van der Waals surface area contributed by atoms with Gasteiger partial charge in [-0.3, -0.25) is 5.01 Å². The molecule has 0 rings (SSSR count). The van der Waals surface area contributed by atoms with Gasteiger partial charge in [0, 0.05) is 33.9 Å². The van der Waals surface area contributed by atoms with Crippen LogP contribution in [-0.2, 0) is 13.3 Å². The first-order chi connectivity index (χ1) is 6.60. The Morgan fingerprint density at radius 3 is 1.50 bits per heavy atom. The third-order valence-electron chi connectivity index (χ3n) is 1.36. The second-order valence-corrected chi connectivity index (χ2v) is 5.06. The van der Waals surface area contributed by atoms with E-state index < -0.39 is 8.97 Å². The molecule has 0 aliphatic heterocycles. The number of nitrogens with one attached hydrogen (secondary N) is 1. The number of hydrogen-bond acceptors (Lipinski definition) is 5. The van der Waals surface area contributed by atoms with Gasteiger partial charge in [0.2, 0.25) is 0 Å². The highest BCUT2D eigenvalue weighted by Crippen LogP contribution is 2.06. The summed E-state index contributed by atoms with van der Waals surface area (Å²) in [4.78, 5) is 0. The summed E-state index contributed by atoms with van der Waals surface area (Å²) in [6.07, 6.45) is 0. The zero-order chi connectivity index (χ0) is 11.0. The third kappa shape index (κ3) is 5.04. The van der Waals surface area contributed by atoms with Gasteiger partial charge in [-0.1, -0.05) is 0 Å². The Labute approximate surface area is 87.7 Å². The van der Waals surface area contributed by atoms with E-state index in [1.165, 1.54) is 0 Å². The summed E-state index contributed by atoms with van der Waals surface area (Å²) in [5.41, 5.74) is 0. The summed E-state index contributed by atoms with van der Waals surface area (Å²) < 4.78 is 16.7. The van der Waals surface area contributed by atoms with E-state index in [1.807, 2.05) is 34.9 Å². The molecule has 1 N–H and O–H groups in total. The van der Waals surface area contributed by atoms with E-state index >= 15 is 0 Å². The fraction of sp³-hybridized carbons (Fsp3) is 1.00. The maximum atomic E-state index is 5.56. The predicted molar refractivity (Wildman–Crippen MR) is 57.5 cm³/mol. The maximum Gasteiger partial charge on any atom is 0.611 e. The first-order valence-corrected chi connectivity index (χ1v) is 6.69. The second kappa shape index (κ2) is 7.33. The molecular formula is C8H22N2O3Si. The highest BCUT2D eigenvalue weighted by Gasteiger charge is 2.42. The molecule has 0 bridgehead atoms. The molecule has 0 aromatic rings. The number of hydrogen-bond donors (Lipinski definition) is 1. The zero-order valence-electron chi connectivity index (χ0n) is 9.79. The van der Waals surface area contributed by atoms with Gasteiger partial charge in [-0.2, -0.15) is 0 Å². The van der Waals surface area contributed by atoms with Crippen LogP contribution < -0.4 is 5.09 Å². The van der Waals surface area contributed by atoms with Crippen molar-refractivity contribution < 1.29 is 13.3 Å². The van der Waals surface area contributed by atoms with Crippen molar-refractivity contribution in [2.45, 2.75) is 20.8 Å². The SMILES string of the molecule is CCO[Si](NN(C)C)(OCC)OCC. The van der Waals surface area contributed by atoms with Gasteiger partial charge in [-0.15, -0.1) is 0 Å². The van der Waals surface area contributed by atoms with Crippen molar-refractivity contribution in [1.82, 2.24) is 10.1 Å². The summed E-state index contributed by atoms with van der Waals surface area (Å²) in [7, 11) is 1.09. The topological polar surface area (TPSA) is 43.0 Å². The molecule has 0 aromatic heterocycles. The van der Waals surface area contributed by atoms with Crippen molar-refractivity contribution in [2.75, 3.05) is 33.9 Å². The molecule has 5 nitrogen and oxygen atoms in total. The molecule has 0 aliphatic rings. The minimum atomic E-state index is -2.68. The van der Waals surface area contributed by atoms with Gasteiger partial charge in [-0.05, 0) is 20.8 Å². The Balaban J connectivity index is 4.37. The highest BCUT2D eigenvalue weighted by molar-refractivity contribution is 6.57. The Morgan fingerprint density at radius 1 is 0.929 bits per heavy atom. The van der Waals surface area contributed by atoms with E-state index in [-0.39, 0.29) is 0 Å². The normalized spacial score (nSPS) is 12.4. The fourth-order valence-electron chi connectivity index (χ4n) is 1.07. The molecule has 0 unspecified atom stereocenters. The maximum absolute atomic E-state index is 5.56. The van der Waals surface area contributed by atoms with E-state index in [0.29, 0.717) is 19.8 Å². The minimum Gasteiger partial charge on any atom is -0.361 e. The van der Waals surface area contributed by atoms with Gasteiger partial charge in [0.15, 0.2) is 0 Å². The van der Waals surface area contributed by atoms with Gasteiger partial charge >= 0.3 is 8.97 Å². The Kier molecular flexibility index (Phi) is 7.34. The van der Waals surface area contributed by atoms with Gasteiger partial charge < -0.3 is 13.3 Å². The molecule has 0 radical (unpaired) electrons. The molecule has 0 heterocycles. The third-order valence-corrected chi connectivity index (χ3v) is 4.09. The van der Waals surface area contributed by atoms with Crippen LogP contribution in [0.3, 0.4) is 0 Å². The molecular weight excluding hydrogens is 200 g/mol. The average molecular weight is 222 g/mol. The lowest BCUT2D eigenvalue weighted by molar-refractivity contribution is 0.0391. The average Bonchev–Trinajstić information content (AvgIpc) is 2.03. The molecule has 0 spiro atoms. The molecule has 14 heavy (non-hydrogen) atoms. The summed E-state index contributed by atoms with van der Waals surface area (Å²) in [5, 5.41) is 4.90. The minimum absolute atomic E-state index is 0.576. The summed E-state index contributed by atoms with van der Waals surface area (Å²) >= 11 is 0. The molecule has 0 atom stereocenters. The smallest absolute Gasteiger partial charge is 0.361 e. The highest BCUT2D eigenvalue weighted by atomic mass is 28.4. The molecule has 6 heteroatoms. The van der Waals surface area contributed by atoms with Crippen LogP contribution in [0.5, 0.6) is 0 Å². The van der Waals surface area contributed by atoms with Gasteiger partial charge in [0.25, 0.3) is 0 Å². The van der Waals surface area contributed by atoms with Crippen molar-refractivity contribution >= 4 is 8.97 Å². The van der Waals surface area contributed by atoms with Crippen molar-refractivity contribution in [3.63, 3.8) is 0 Å². The lowest BCUT2D eigenvalue weighted by Crippen LogP contribution is -2.63. The lowest BCUT2D eigenvalue weighted by Gasteiger charge is -2.30. The molecule has 0 saturated carbocycles. The largest absolute Gasteiger partial charge is 0.611 e. The summed E-state index contributed by atoms with van der Waals surface area (Å²) in [6, 6.07) is 0. The van der Waals surface area contributed by atoms with Gasteiger partial charge in [0.05, 0.1) is 0 Å². The van der Waals surface area contributed by atoms with Crippen molar-refractivity contribution in [2.24, 2.45) is 0 Å². The number of rotatable bonds is 8. The van der Waals surface area contributed by atoms with Crippen molar-refractivity contribution in [3.05, 3.63) is 0 Å². The van der Waals surface area contributed by atoms with E-state index in [9.17, 15) is 0 Å². The molecule has 0 aromatic carbocycles. The first kappa shape index (κ1) is 14.0. The van der Waals surface area contributed by atoms with Crippen molar-refractivity contribution in [1.29, 1.82) is 0 Å². The van der Waals surface area contributed by atoms with Gasteiger partial charge in [0.1, 0.15) is 0 Å². The quantitative estimate of drug-likeness (QED) is 0.481. The molecule has 0 aliphatic carbocycles. The standard InChI is InChI=1S/C8H22N2O3Si/c1-6-11-14(12-7-2,13-8-3)9-10(4)5/h9H,6-8H2,1-5H3. The zero-order valence-corrected chi connectivity index (χ0v) is 10.8. The van der Waals surface area contributed by atoms with Crippen LogP contribution in [0.4, 0.5) is 0 Å². The Morgan fingerprint density at radius 2 is 1.29 bits per heavy atom. The van der Waals surface area contributed by atoms with Crippen molar-refractivity contribution in [3.8, 4) is 0 Å². The van der Waals surface area contributed by atoms with Crippen LogP contribution in [-0.4, -0.2) is 47.9 Å². The van der Waals surface area contributed by atoms with Crippen LogP contribution in [0.25, 0.3) is 0 Å². The monoisotopic (exact) mass is 222 g/mol. The predicted octanol–water partition coefficient (Wildman–Crippen LogP) is 0.598. The summed E-state index contributed by atoms with van der Waals surface area (Å²) in [5.74, 6) is 0. The summed E-state index contributed by atoms with van der Waals surface area (Å²) in [6.45, 7) is 7.51. The van der Waals surface area contributed by atoms with E-state index in [4.69, 9.17) is 13.3 Å². The van der Waals surface area contributed by atoms with Crippen LogP contribution in [0.2, 0.25) is 0 Å². The lowest BCUT2D eigenvalue weighted by atomic mass is 10.9. The van der Waals surface area contributed by atoms with Crippen LogP contribution in [0.15, 0.2) is 0 Å².